The average molecular weight is 1200 g/mol. The van der Waals surface area contributed by atoms with Gasteiger partial charge in [0.1, 0.15) is 36.3 Å². The van der Waals surface area contributed by atoms with Crippen LogP contribution in [0.3, 0.4) is 0 Å². The zero-order chi connectivity index (χ0) is 61.6. The first kappa shape index (κ1) is 70.1. The lowest BCUT2D eigenvalue weighted by molar-refractivity contribution is -0.147. The van der Waals surface area contributed by atoms with Crippen molar-refractivity contribution in [2.24, 2.45) is 5.92 Å². The Labute approximate surface area is 484 Å². The van der Waals surface area contributed by atoms with Gasteiger partial charge in [-0.05, 0) is 44.0 Å². The summed E-state index contributed by atoms with van der Waals surface area (Å²) in [5.41, 5.74) is -0.101. The Balaban J connectivity index is 1.72. The number of fused-ring (bicyclic) bond motifs is 2. The number of hydrogen-bond acceptors (Lipinski definition) is 20. The van der Waals surface area contributed by atoms with E-state index in [1.54, 1.807) is 0 Å². The van der Waals surface area contributed by atoms with Gasteiger partial charge in [0.15, 0.2) is 11.5 Å². The third-order valence-corrected chi connectivity index (χ3v) is 15.7. The van der Waals surface area contributed by atoms with E-state index >= 15 is 0 Å². The fourth-order valence-electron chi connectivity index (χ4n) is 10.5. The van der Waals surface area contributed by atoms with E-state index in [4.69, 9.17) is 0 Å². The molecule has 7 amide bonds. The van der Waals surface area contributed by atoms with E-state index in [-0.39, 0.29) is 25.1 Å². The summed E-state index contributed by atoms with van der Waals surface area (Å²) in [5, 5.41) is 113. The summed E-state index contributed by atoms with van der Waals surface area (Å²) in [7, 11) is -5.22. The van der Waals surface area contributed by atoms with Gasteiger partial charge in [0.2, 0.25) is 41.4 Å². The molecule has 13 atom stereocenters. The van der Waals surface area contributed by atoms with E-state index in [2.05, 4.69) is 43.0 Å². The van der Waals surface area contributed by atoms with Crippen LogP contribution in [0.1, 0.15) is 135 Å². The minimum absolute atomic E-state index is 0.0271. The van der Waals surface area contributed by atoms with Crippen LogP contribution in [-0.4, -0.2) is 228 Å². The maximum absolute atomic E-state index is 14.8. The van der Waals surface area contributed by atoms with Crippen LogP contribution in [0.15, 0.2) is 18.2 Å². The van der Waals surface area contributed by atoms with Gasteiger partial charge in [-0.15, -0.1) is 0 Å². The molecule has 472 valence electrons. The van der Waals surface area contributed by atoms with Crippen LogP contribution in [0.25, 0.3) is 0 Å². The van der Waals surface area contributed by atoms with Crippen molar-refractivity contribution in [2.75, 3.05) is 39.4 Å². The zero-order valence-electron chi connectivity index (χ0n) is 47.6. The number of benzene rings is 1. The third kappa shape index (κ3) is 22.2. The quantitative estimate of drug-likeness (QED) is 0.0294. The fraction of sp³-hybridized carbons (Fsp3) is 0.759. The molecule has 0 saturated carbocycles. The molecule has 16 N–H and O–H groups in total. The molecule has 3 saturated heterocycles. The van der Waals surface area contributed by atoms with Gasteiger partial charge >= 0.3 is 10.4 Å². The molecular weight excluding hydrogens is 1110 g/mol. The second kappa shape index (κ2) is 34.6. The molecule has 3 aliphatic heterocycles. The number of aliphatic hydroxyl groups excluding tert-OH is 8. The van der Waals surface area contributed by atoms with Gasteiger partial charge in [-0.25, -0.2) is 0 Å². The molecule has 83 heavy (non-hydrogen) atoms. The number of β-amino-alcohol motifs (C(OH)–C–C–N with tert-alkyl or cyclic N) is 1. The predicted molar refractivity (Wildman–Crippen MR) is 297 cm³/mol. The van der Waals surface area contributed by atoms with Crippen LogP contribution in [0.5, 0.6) is 11.5 Å². The first-order valence-corrected chi connectivity index (χ1v) is 30.3. The highest BCUT2D eigenvalue weighted by Crippen LogP contribution is 2.30. The van der Waals surface area contributed by atoms with Crippen molar-refractivity contribution in [3.05, 3.63) is 23.8 Å². The Kier molecular flexibility index (Phi) is 29.2. The number of nitrogens with zero attached hydrogens (tertiary/aromatic N) is 2. The summed E-state index contributed by atoms with van der Waals surface area (Å²) < 4.78 is 36.8. The number of hydrogen-bond donors (Lipinski definition) is 16. The molecule has 1 aromatic rings. The highest BCUT2D eigenvalue weighted by molar-refractivity contribution is 7.81. The van der Waals surface area contributed by atoms with Gasteiger partial charge in [0, 0.05) is 51.2 Å². The molecule has 1 aromatic carbocycles. The largest absolute Gasteiger partial charge is 0.504 e. The highest BCUT2D eigenvalue weighted by atomic mass is 32.3. The Hall–Kier alpha value is -5.34. The third-order valence-electron chi connectivity index (χ3n) is 15.3. The summed E-state index contributed by atoms with van der Waals surface area (Å²) in [4.78, 5) is 102. The van der Waals surface area contributed by atoms with E-state index in [0.29, 0.717) is 12.8 Å². The summed E-state index contributed by atoms with van der Waals surface area (Å²) in [5.74, 6) is -10.2. The molecule has 4 rings (SSSR count). The van der Waals surface area contributed by atoms with Gasteiger partial charge in [-0.1, -0.05) is 97.0 Å². The maximum atomic E-state index is 14.8. The molecule has 3 heterocycles. The monoisotopic (exact) mass is 1200 g/mol. The molecular formula is C54H90N8O20S. The molecule has 0 bridgehead atoms. The number of aromatic hydroxyl groups is 1. The molecule has 0 radical (unpaired) electrons. The average Bonchev–Trinajstić information content (AvgIpc) is 3.28. The van der Waals surface area contributed by atoms with Crippen molar-refractivity contribution in [3.63, 3.8) is 0 Å². The number of phenols is 1. The number of phenolic OH excluding ortho intramolecular Hbond substituents is 1. The molecule has 0 spiro atoms. The van der Waals surface area contributed by atoms with Gasteiger partial charge in [-0.2, -0.15) is 8.42 Å². The molecule has 0 aliphatic carbocycles. The van der Waals surface area contributed by atoms with Gasteiger partial charge in [0.25, 0.3) is 0 Å². The molecule has 3 aliphatic rings. The second-order valence-corrected chi connectivity index (χ2v) is 23.2. The van der Waals surface area contributed by atoms with Crippen LogP contribution in [0, 0.1) is 5.92 Å². The summed E-state index contributed by atoms with van der Waals surface area (Å²) in [6.07, 6.45) is 1.03. The Morgan fingerprint density at radius 1 is 0.735 bits per heavy atom. The van der Waals surface area contributed by atoms with Gasteiger partial charge < -0.3 is 91.8 Å². The number of aliphatic hydroxyl groups is 8. The molecule has 29 heteroatoms. The molecule has 0 unspecified atom stereocenters. The van der Waals surface area contributed by atoms with E-state index in [9.17, 15) is 92.5 Å². The smallest absolute Gasteiger partial charge is 0.446 e. The summed E-state index contributed by atoms with van der Waals surface area (Å²) in [6, 6.07) is -9.30. The lowest BCUT2D eigenvalue weighted by Gasteiger charge is -2.34. The van der Waals surface area contributed by atoms with E-state index in [1.807, 2.05) is 0 Å². The number of carbonyl (C=O) groups excluding carboxylic acids is 7. The predicted octanol–water partition coefficient (Wildman–Crippen LogP) is -2.98. The summed E-state index contributed by atoms with van der Waals surface area (Å²) in [6.45, 7) is 1.90. The maximum Gasteiger partial charge on any atom is 0.446 e. The Morgan fingerprint density at radius 3 is 1.90 bits per heavy atom. The molecule has 28 nitrogen and oxygen atoms in total. The SMILES string of the molecule is CCCCCCCCCCCCCCCC(=O)N[C@H]1C[C@@H](O)CNC(=O)[C@@H]2[C@@H](O)[C@@H](C)CN2C(=O)[C@H]([C@H](O)CCNC(CO)CO)NC(=O)[C@H]([C@H](O)Cc2ccc(O)c(OS(=O)(=O)O)c2)NC(=O)[C@@H]2C[C@@H](O)CN2C(=O)[C@H]([C@@H](C)O)NC1=O. The Bertz CT molecular complexity index is 2390. The normalized spacial score (nSPS) is 26.5. The van der Waals surface area contributed by atoms with E-state index in [0.717, 1.165) is 67.0 Å². The van der Waals surface area contributed by atoms with E-state index < -0.39 is 200 Å². The number of amides is 7. The lowest BCUT2D eigenvalue weighted by Crippen LogP contribution is -2.64. The highest BCUT2D eigenvalue weighted by Gasteiger charge is 2.50. The van der Waals surface area contributed by atoms with Gasteiger partial charge in [-0.3, -0.25) is 38.1 Å². The van der Waals surface area contributed by atoms with Crippen molar-refractivity contribution in [1.82, 2.24) is 41.7 Å². The lowest BCUT2D eigenvalue weighted by atomic mass is 9.98. The standard InChI is InChI=1S/C54H90N8O20S/c1-4-5-6-7-8-9-10-11-12-13-14-15-16-17-43(71)57-37-24-35(66)26-56-52(76)47-48(72)31(2)27-62(47)54(78)46(40(69)20-21-55-34(29-63)30-64)60-51(75)45(41(70)22-33-18-19-39(68)42(23-33)82-83(79,80)81)59-50(74)38-25-36(67)28-61(38)53(77)44(32(3)65)58-49(37)73/h18-19,23,31-32,34-38,40-41,44-48,55,63-70,72H,4-17,20-22,24-30H2,1-3H3,(H,56,76)(H,57,71)(H,58,73)(H,59,74)(H,60,75)(H,79,80,81)/t31-,32+,35+,36+,37-,38-,40+,41+,44-,45-,46-,47-,48-/m0/s1. The second-order valence-electron chi connectivity index (χ2n) is 22.2. The summed E-state index contributed by atoms with van der Waals surface area (Å²) >= 11 is 0. The number of unbranched alkanes of at least 4 members (excludes halogenated alkanes) is 12. The van der Waals surface area contributed by atoms with Crippen LogP contribution in [0.4, 0.5) is 0 Å². The van der Waals surface area contributed by atoms with Crippen molar-refractivity contribution in [2.45, 2.75) is 215 Å². The fourth-order valence-corrected chi connectivity index (χ4v) is 10.9. The van der Waals surface area contributed by atoms with Crippen LogP contribution in [-0.2, 0) is 50.4 Å². The van der Waals surface area contributed by atoms with Crippen LogP contribution < -0.4 is 36.1 Å². The minimum atomic E-state index is -5.22. The first-order valence-electron chi connectivity index (χ1n) is 28.9. The first-order chi connectivity index (χ1) is 39.3. The van der Waals surface area contributed by atoms with Crippen molar-refractivity contribution < 1.29 is 96.7 Å². The van der Waals surface area contributed by atoms with Crippen LogP contribution >= 0.6 is 0 Å². The minimum Gasteiger partial charge on any atom is -0.504 e. The van der Waals surface area contributed by atoms with Crippen molar-refractivity contribution >= 4 is 51.7 Å². The van der Waals surface area contributed by atoms with Crippen molar-refractivity contribution in [3.8, 4) is 11.5 Å². The van der Waals surface area contributed by atoms with E-state index in [1.165, 1.54) is 45.4 Å². The zero-order valence-corrected chi connectivity index (χ0v) is 48.5. The van der Waals surface area contributed by atoms with Crippen LogP contribution in [0.2, 0.25) is 0 Å². The number of carbonyl (C=O) groups is 7. The van der Waals surface area contributed by atoms with Gasteiger partial charge in [0.05, 0.1) is 55.9 Å². The molecule has 0 aromatic heterocycles. The number of rotatable bonds is 28. The topological polar surface area (TPSA) is 444 Å². The van der Waals surface area contributed by atoms with Crippen molar-refractivity contribution in [1.29, 1.82) is 0 Å². The number of nitrogens with one attached hydrogen (secondary N) is 6. The Morgan fingerprint density at radius 2 is 1.31 bits per heavy atom. The molecule has 3 fully saturated rings.